The third kappa shape index (κ3) is 7.66. The third-order valence-corrected chi connectivity index (χ3v) is 4.51. The molecule has 1 N–H and O–H groups in total. The van der Waals surface area contributed by atoms with Crippen molar-refractivity contribution < 1.29 is 19.0 Å². The van der Waals surface area contributed by atoms with Crippen LogP contribution < -0.4 is 14.8 Å². The molecule has 5 heteroatoms. The zero-order chi connectivity index (χ0) is 22.7. The van der Waals surface area contributed by atoms with Gasteiger partial charge in [0.15, 0.2) is 0 Å². The Morgan fingerprint density at radius 3 is 2.27 bits per heavy atom. The Morgan fingerprint density at radius 2 is 1.77 bits per heavy atom. The second-order valence-corrected chi connectivity index (χ2v) is 6.89. The second-order valence-electron chi connectivity index (χ2n) is 6.89. The predicted molar refractivity (Wildman–Crippen MR) is 122 cm³/mol. The Kier molecular flexibility index (Phi) is 10.2. The first-order valence-corrected chi connectivity index (χ1v) is 9.79. The number of hydrogen-bond donors (Lipinski definition) is 1. The highest BCUT2D eigenvalue weighted by Gasteiger charge is 2.12. The standard InChI is InChI=1S/C25H33NO4/c1-9-11-18(4)24(10-2)30-20(6)17(3)12-13-19(5)26-25(27)21-14-22(28-7)16-23(15-21)29-8/h9-11,13-17H,1,6,12H2,2-5,7-8H3,(H,26,27)/b18-11-,19-13+,24-10+. The number of rotatable bonds is 11. The summed E-state index contributed by atoms with van der Waals surface area (Å²) in [5.74, 6) is 2.37. The third-order valence-electron chi connectivity index (χ3n) is 4.51. The van der Waals surface area contributed by atoms with Gasteiger partial charge >= 0.3 is 0 Å². The minimum absolute atomic E-state index is 0.0697. The fourth-order valence-electron chi connectivity index (χ4n) is 2.59. The van der Waals surface area contributed by atoms with E-state index in [9.17, 15) is 4.79 Å². The summed E-state index contributed by atoms with van der Waals surface area (Å²) in [5, 5.41) is 2.89. The number of nitrogens with one attached hydrogen (secondary N) is 1. The summed E-state index contributed by atoms with van der Waals surface area (Å²) in [6.07, 6.45) is 8.14. The predicted octanol–water partition coefficient (Wildman–Crippen LogP) is 5.93. The van der Waals surface area contributed by atoms with Crippen LogP contribution in [0.2, 0.25) is 0 Å². The van der Waals surface area contributed by atoms with Crippen LogP contribution in [0.5, 0.6) is 11.5 Å². The smallest absolute Gasteiger partial charge is 0.255 e. The number of carbonyl (C=O) groups excluding carboxylic acids is 1. The van der Waals surface area contributed by atoms with E-state index in [2.05, 4.69) is 18.5 Å². The van der Waals surface area contributed by atoms with Gasteiger partial charge in [-0.1, -0.05) is 38.3 Å². The molecule has 1 unspecified atom stereocenters. The maximum atomic E-state index is 12.6. The van der Waals surface area contributed by atoms with Crippen LogP contribution in [0.4, 0.5) is 0 Å². The number of methoxy groups -OCH3 is 2. The molecule has 0 aromatic heterocycles. The molecule has 1 rings (SSSR count). The summed E-state index contributed by atoms with van der Waals surface area (Å²) < 4.78 is 16.4. The maximum Gasteiger partial charge on any atom is 0.255 e. The average Bonchev–Trinajstić information content (AvgIpc) is 2.74. The van der Waals surface area contributed by atoms with Crippen molar-refractivity contribution in [2.75, 3.05) is 14.2 Å². The quantitative estimate of drug-likeness (QED) is 0.362. The number of benzene rings is 1. The van der Waals surface area contributed by atoms with Crippen LogP contribution in [0.1, 0.15) is 44.5 Å². The van der Waals surface area contributed by atoms with Gasteiger partial charge in [-0.05, 0) is 51.0 Å². The van der Waals surface area contributed by atoms with E-state index < -0.39 is 0 Å². The normalized spacial score (nSPS) is 13.3. The molecule has 5 nitrogen and oxygen atoms in total. The van der Waals surface area contributed by atoms with Gasteiger partial charge in [0, 0.05) is 23.2 Å². The molecule has 0 saturated heterocycles. The second kappa shape index (κ2) is 12.4. The monoisotopic (exact) mass is 411 g/mol. The van der Waals surface area contributed by atoms with Gasteiger partial charge in [0.2, 0.25) is 0 Å². The lowest BCUT2D eigenvalue weighted by Gasteiger charge is -2.17. The van der Waals surface area contributed by atoms with Gasteiger partial charge < -0.3 is 19.5 Å². The van der Waals surface area contributed by atoms with Crippen molar-refractivity contribution in [3.05, 3.63) is 84.0 Å². The molecule has 1 atom stereocenters. The molecule has 0 radical (unpaired) electrons. The minimum Gasteiger partial charge on any atom is -0.497 e. The summed E-state index contributed by atoms with van der Waals surface area (Å²) in [4.78, 5) is 12.6. The van der Waals surface area contributed by atoms with Gasteiger partial charge in [-0.25, -0.2) is 0 Å². The lowest BCUT2D eigenvalue weighted by Crippen LogP contribution is -2.21. The Hall–Kier alpha value is -3.21. The van der Waals surface area contributed by atoms with E-state index in [0.29, 0.717) is 29.2 Å². The van der Waals surface area contributed by atoms with E-state index in [1.807, 2.05) is 45.9 Å². The number of hydrogen-bond acceptors (Lipinski definition) is 4. The molecule has 1 aromatic carbocycles. The van der Waals surface area contributed by atoms with Gasteiger partial charge in [-0.2, -0.15) is 0 Å². The van der Waals surface area contributed by atoms with Gasteiger partial charge in [-0.15, -0.1) is 0 Å². The Labute approximate surface area is 180 Å². The molecule has 1 aromatic rings. The SMILES string of the molecule is C=C/C=C(C)\C(=C/C)OC(=C)C(C)C/C=C(\C)NC(=O)c1cc(OC)cc(OC)c1. The number of ether oxygens (including phenoxy) is 3. The lowest BCUT2D eigenvalue weighted by atomic mass is 10.1. The van der Waals surface area contributed by atoms with Crippen LogP contribution in [-0.2, 0) is 4.74 Å². The molecule has 0 heterocycles. The van der Waals surface area contributed by atoms with Crippen LogP contribution in [0.3, 0.4) is 0 Å². The van der Waals surface area contributed by atoms with Crippen molar-refractivity contribution >= 4 is 5.91 Å². The van der Waals surface area contributed by atoms with Crippen molar-refractivity contribution in [3.63, 3.8) is 0 Å². The summed E-state index contributed by atoms with van der Waals surface area (Å²) in [6, 6.07) is 5.06. The van der Waals surface area contributed by atoms with Crippen molar-refractivity contribution in [2.45, 2.75) is 34.1 Å². The first kappa shape index (κ1) is 24.8. The molecule has 0 fully saturated rings. The van der Waals surface area contributed by atoms with E-state index in [-0.39, 0.29) is 11.8 Å². The van der Waals surface area contributed by atoms with E-state index in [1.54, 1.807) is 38.5 Å². The summed E-state index contributed by atoms with van der Waals surface area (Å²) in [6.45, 7) is 15.5. The summed E-state index contributed by atoms with van der Waals surface area (Å²) in [7, 11) is 3.09. The van der Waals surface area contributed by atoms with Crippen LogP contribution >= 0.6 is 0 Å². The molecule has 0 bridgehead atoms. The van der Waals surface area contributed by atoms with Crippen LogP contribution in [0.25, 0.3) is 0 Å². The molecule has 1 amide bonds. The zero-order valence-electron chi connectivity index (χ0n) is 18.9. The van der Waals surface area contributed by atoms with Gasteiger partial charge in [-0.3, -0.25) is 4.79 Å². The molecule has 0 spiro atoms. The van der Waals surface area contributed by atoms with Crippen LogP contribution in [-0.4, -0.2) is 20.1 Å². The molecule has 0 aliphatic carbocycles. The van der Waals surface area contributed by atoms with E-state index in [4.69, 9.17) is 14.2 Å². The fourth-order valence-corrected chi connectivity index (χ4v) is 2.59. The Bertz CT molecular complexity index is 840. The van der Waals surface area contributed by atoms with Gasteiger partial charge in [0.05, 0.1) is 14.2 Å². The van der Waals surface area contributed by atoms with Gasteiger partial charge in [0.1, 0.15) is 23.0 Å². The highest BCUT2D eigenvalue weighted by Crippen LogP contribution is 2.24. The zero-order valence-corrected chi connectivity index (χ0v) is 18.9. The Morgan fingerprint density at radius 1 is 1.17 bits per heavy atom. The first-order chi connectivity index (χ1) is 14.2. The molecule has 30 heavy (non-hydrogen) atoms. The minimum atomic E-state index is -0.231. The average molecular weight is 412 g/mol. The van der Waals surface area contributed by atoms with E-state index >= 15 is 0 Å². The topological polar surface area (TPSA) is 56.8 Å². The van der Waals surface area contributed by atoms with E-state index in [1.165, 1.54) is 0 Å². The molecular formula is C25H33NO4. The summed E-state index contributed by atoms with van der Waals surface area (Å²) in [5.41, 5.74) is 2.19. The van der Waals surface area contributed by atoms with Gasteiger partial charge in [0.25, 0.3) is 5.91 Å². The van der Waals surface area contributed by atoms with Crippen molar-refractivity contribution in [2.24, 2.45) is 5.92 Å². The molecule has 0 saturated carbocycles. The highest BCUT2D eigenvalue weighted by molar-refractivity contribution is 5.96. The summed E-state index contributed by atoms with van der Waals surface area (Å²) >= 11 is 0. The highest BCUT2D eigenvalue weighted by atomic mass is 16.5. The lowest BCUT2D eigenvalue weighted by molar-refractivity contribution is 0.0965. The molecular weight excluding hydrogens is 378 g/mol. The fraction of sp³-hybridized carbons (Fsp3) is 0.320. The van der Waals surface area contributed by atoms with Crippen LogP contribution in [0.15, 0.2) is 78.4 Å². The first-order valence-electron chi connectivity index (χ1n) is 9.79. The molecule has 0 aliphatic heterocycles. The number of carbonyl (C=O) groups is 1. The van der Waals surface area contributed by atoms with Crippen LogP contribution in [0, 0.1) is 5.92 Å². The molecule has 0 aliphatic rings. The number of amides is 1. The Balaban J connectivity index is 2.74. The van der Waals surface area contributed by atoms with Crippen molar-refractivity contribution in [1.82, 2.24) is 5.32 Å². The largest absolute Gasteiger partial charge is 0.497 e. The number of allylic oxidation sites excluding steroid dienone is 7. The van der Waals surface area contributed by atoms with Crippen molar-refractivity contribution in [1.29, 1.82) is 0 Å². The maximum absolute atomic E-state index is 12.6. The van der Waals surface area contributed by atoms with E-state index in [0.717, 1.165) is 17.0 Å². The molecule has 162 valence electrons. The van der Waals surface area contributed by atoms with Crippen molar-refractivity contribution in [3.8, 4) is 11.5 Å².